The van der Waals surface area contributed by atoms with Crippen molar-refractivity contribution >= 4 is 34.1 Å². The van der Waals surface area contributed by atoms with Crippen molar-refractivity contribution in [3.63, 3.8) is 0 Å². The molecular formula is C27H36ClN3O4. The zero-order chi connectivity index (χ0) is 24.8. The Bertz CT molecular complexity index is 1100. The maximum atomic E-state index is 12.9. The summed E-state index contributed by atoms with van der Waals surface area (Å²) < 4.78 is 11.3. The SMILES string of the molecule is CC1(C)C[C@@H](C(=O)Nc2cc3cc(C4CCN([C@]5(C)COC[C@@H]5O)CC4)c(Cl)cc3cn2)CCO1. The summed E-state index contributed by atoms with van der Waals surface area (Å²) in [4.78, 5) is 19.7. The van der Waals surface area contributed by atoms with Crippen LogP contribution in [0.25, 0.3) is 10.8 Å². The molecule has 3 aliphatic rings. The second-order valence-corrected chi connectivity index (χ2v) is 11.6. The molecule has 35 heavy (non-hydrogen) atoms. The summed E-state index contributed by atoms with van der Waals surface area (Å²) in [5.74, 6) is 0.842. The molecule has 0 aliphatic carbocycles. The number of ether oxygens (including phenoxy) is 2. The molecule has 3 aliphatic heterocycles. The Morgan fingerprint density at radius 1 is 1.17 bits per heavy atom. The molecule has 5 rings (SSSR count). The van der Waals surface area contributed by atoms with Crippen LogP contribution < -0.4 is 5.32 Å². The Hall–Kier alpha value is -1.77. The summed E-state index contributed by atoms with van der Waals surface area (Å²) >= 11 is 6.72. The highest BCUT2D eigenvalue weighted by molar-refractivity contribution is 6.32. The van der Waals surface area contributed by atoms with Crippen molar-refractivity contribution in [2.75, 3.05) is 38.2 Å². The van der Waals surface area contributed by atoms with E-state index in [-0.39, 0.29) is 23.0 Å². The van der Waals surface area contributed by atoms with Crippen molar-refractivity contribution in [2.24, 2.45) is 5.92 Å². The first kappa shape index (κ1) is 24.9. The van der Waals surface area contributed by atoms with Gasteiger partial charge in [0.1, 0.15) is 5.82 Å². The number of carbonyl (C=O) groups is 1. The van der Waals surface area contributed by atoms with Gasteiger partial charge >= 0.3 is 0 Å². The van der Waals surface area contributed by atoms with Crippen molar-refractivity contribution in [1.82, 2.24) is 9.88 Å². The number of likely N-dealkylation sites (tertiary alicyclic amines) is 1. The molecule has 3 atom stereocenters. The predicted octanol–water partition coefficient (Wildman–Crippen LogP) is 4.36. The van der Waals surface area contributed by atoms with Crippen LogP contribution in [-0.2, 0) is 14.3 Å². The number of aliphatic hydroxyl groups is 1. The topological polar surface area (TPSA) is 83.9 Å². The number of piperidine rings is 1. The van der Waals surface area contributed by atoms with E-state index in [2.05, 4.69) is 28.2 Å². The van der Waals surface area contributed by atoms with Gasteiger partial charge in [0.2, 0.25) is 5.91 Å². The molecule has 0 saturated carbocycles. The third-order valence-electron chi connectivity index (χ3n) is 8.20. The largest absolute Gasteiger partial charge is 0.389 e. The molecule has 190 valence electrons. The van der Waals surface area contributed by atoms with Gasteiger partial charge in [0.15, 0.2) is 0 Å². The average molecular weight is 502 g/mol. The fourth-order valence-corrected chi connectivity index (χ4v) is 6.23. The Labute approximate surface area is 212 Å². The zero-order valence-corrected chi connectivity index (χ0v) is 21.6. The van der Waals surface area contributed by atoms with Crippen LogP contribution in [0.3, 0.4) is 0 Å². The van der Waals surface area contributed by atoms with Crippen molar-refractivity contribution < 1.29 is 19.4 Å². The van der Waals surface area contributed by atoms with Crippen LogP contribution in [0.5, 0.6) is 0 Å². The average Bonchev–Trinajstić information content (AvgIpc) is 3.17. The number of hydrogen-bond acceptors (Lipinski definition) is 6. The molecule has 2 N–H and O–H groups in total. The summed E-state index contributed by atoms with van der Waals surface area (Å²) in [6.07, 6.45) is 4.70. The molecular weight excluding hydrogens is 466 g/mol. The number of halogens is 1. The standard InChI is InChI=1S/C27H36ClN3O4/c1-26(2)13-18(6-9-35-26)25(33)30-24-12-19-10-21(22(28)11-20(19)14-29-24)17-4-7-31(8-5-17)27(3)16-34-15-23(27)32/h10-12,14,17-18,23,32H,4-9,13,15-16H2,1-3H3,(H,29,30,33)/t18-,23-,27+/m0/s1. The maximum absolute atomic E-state index is 12.9. The first-order valence-electron chi connectivity index (χ1n) is 12.7. The van der Waals surface area contributed by atoms with E-state index < -0.39 is 6.10 Å². The lowest BCUT2D eigenvalue weighted by atomic mass is 9.85. The number of rotatable bonds is 4. The van der Waals surface area contributed by atoms with Crippen LogP contribution in [0, 0.1) is 5.92 Å². The van der Waals surface area contributed by atoms with Crippen LogP contribution in [0.15, 0.2) is 24.4 Å². The van der Waals surface area contributed by atoms with Gasteiger partial charge in [-0.2, -0.15) is 0 Å². The smallest absolute Gasteiger partial charge is 0.228 e. The fourth-order valence-electron chi connectivity index (χ4n) is 5.90. The number of benzene rings is 1. The number of nitrogens with one attached hydrogen (secondary N) is 1. The van der Waals surface area contributed by atoms with Gasteiger partial charge in [0.25, 0.3) is 0 Å². The molecule has 4 heterocycles. The van der Waals surface area contributed by atoms with Crippen molar-refractivity contribution in [3.05, 3.63) is 35.0 Å². The Kier molecular flexibility index (Phi) is 6.83. The molecule has 0 spiro atoms. The van der Waals surface area contributed by atoms with Gasteiger partial charge in [-0.25, -0.2) is 4.98 Å². The lowest BCUT2D eigenvalue weighted by Crippen LogP contribution is -2.56. The normalized spacial score (nSPS) is 30.0. The monoisotopic (exact) mass is 501 g/mol. The minimum Gasteiger partial charge on any atom is -0.389 e. The van der Waals surface area contributed by atoms with Gasteiger partial charge < -0.3 is 19.9 Å². The summed E-state index contributed by atoms with van der Waals surface area (Å²) in [7, 11) is 0. The van der Waals surface area contributed by atoms with Crippen LogP contribution in [0.1, 0.15) is 57.9 Å². The maximum Gasteiger partial charge on any atom is 0.228 e. The number of carbonyl (C=O) groups excluding carboxylic acids is 1. The molecule has 3 saturated heterocycles. The van der Waals surface area contributed by atoms with E-state index >= 15 is 0 Å². The minimum absolute atomic E-state index is 0.00126. The Morgan fingerprint density at radius 2 is 1.94 bits per heavy atom. The van der Waals surface area contributed by atoms with Crippen molar-refractivity contribution in [3.8, 4) is 0 Å². The highest BCUT2D eigenvalue weighted by Crippen LogP contribution is 2.39. The second kappa shape index (κ2) is 9.60. The molecule has 1 aromatic carbocycles. The molecule has 0 bridgehead atoms. The number of hydrogen-bond donors (Lipinski definition) is 2. The van der Waals surface area contributed by atoms with E-state index in [1.807, 2.05) is 26.0 Å². The highest BCUT2D eigenvalue weighted by atomic mass is 35.5. The Balaban J connectivity index is 1.29. The van der Waals surface area contributed by atoms with Gasteiger partial charge in [-0.05, 0) is 94.6 Å². The molecule has 0 unspecified atom stereocenters. The van der Waals surface area contributed by atoms with E-state index in [4.69, 9.17) is 21.1 Å². The van der Waals surface area contributed by atoms with Crippen LogP contribution in [0.2, 0.25) is 5.02 Å². The number of fused-ring (bicyclic) bond motifs is 1. The molecule has 0 radical (unpaired) electrons. The van der Waals surface area contributed by atoms with Crippen LogP contribution in [0.4, 0.5) is 5.82 Å². The zero-order valence-electron chi connectivity index (χ0n) is 20.8. The first-order valence-corrected chi connectivity index (χ1v) is 13.1. The fraction of sp³-hybridized carbons (Fsp3) is 0.630. The quantitative estimate of drug-likeness (QED) is 0.647. The molecule has 2 aromatic rings. The summed E-state index contributed by atoms with van der Waals surface area (Å²) in [5, 5.41) is 16.2. The third-order valence-corrected chi connectivity index (χ3v) is 8.53. The number of nitrogens with zero attached hydrogens (tertiary/aromatic N) is 2. The van der Waals surface area contributed by atoms with E-state index in [9.17, 15) is 9.90 Å². The lowest BCUT2D eigenvalue weighted by Gasteiger charge is -2.43. The number of amides is 1. The number of aromatic nitrogens is 1. The number of anilines is 1. The van der Waals surface area contributed by atoms with E-state index in [1.165, 1.54) is 0 Å². The summed E-state index contributed by atoms with van der Waals surface area (Å²) in [6.45, 7) is 9.53. The van der Waals surface area contributed by atoms with Crippen molar-refractivity contribution in [2.45, 2.75) is 69.6 Å². The first-order chi connectivity index (χ1) is 16.6. The number of aliphatic hydroxyl groups excluding tert-OH is 1. The van der Waals surface area contributed by atoms with E-state index in [0.29, 0.717) is 38.0 Å². The van der Waals surface area contributed by atoms with Crippen LogP contribution >= 0.6 is 11.6 Å². The summed E-state index contributed by atoms with van der Waals surface area (Å²) in [5.41, 5.74) is 0.552. The van der Waals surface area contributed by atoms with Gasteiger partial charge in [0, 0.05) is 29.1 Å². The molecule has 3 fully saturated rings. The van der Waals surface area contributed by atoms with Gasteiger partial charge in [-0.3, -0.25) is 9.69 Å². The molecule has 8 heteroatoms. The van der Waals surface area contributed by atoms with Gasteiger partial charge in [0.05, 0.1) is 30.5 Å². The minimum atomic E-state index is -0.448. The van der Waals surface area contributed by atoms with Gasteiger partial charge in [-0.15, -0.1) is 0 Å². The van der Waals surface area contributed by atoms with Crippen LogP contribution in [-0.4, -0.2) is 71.1 Å². The molecule has 1 aromatic heterocycles. The summed E-state index contributed by atoms with van der Waals surface area (Å²) in [6, 6.07) is 6.08. The van der Waals surface area contributed by atoms with E-state index in [0.717, 1.165) is 53.7 Å². The number of pyridine rings is 1. The highest BCUT2D eigenvalue weighted by Gasteiger charge is 2.45. The van der Waals surface area contributed by atoms with E-state index in [1.54, 1.807) is 6.20 Å². The molecule has 7 nitrogen and oxygen atoms in total. The second-order valence-electron chi connectivity index (χ2n) is 11.2. The lowest BCUT2D eigenvalue weighted by molar-refractivity contribution is -0.130. The Morgan fingerprint density at radius 3 is 2.63 bits per heavy atom. The third kappa shape index (κ3) is 5.07. The molecule has 1 amide bonds. The predicted molar refractivity (Wildman–Crippen MR) is 137 cm³/mol. The van der Waals surface area contributed by atoms with Crippen molar-refractivity contribution in [1.29, 1.82) is 0 Å². The van der Waals surface area contributed by atoms with Gasteiger partial charge in [-0.1, -0.05) is 11.6 Å².